The molecule has 76 valence electrons. The van der Waals surface area contributed by atoms with Gasteiger partial charge in [0.1, 0.15) is 5.75 Å². The van der Waals surface area contributed by atoms with Gasteiger partial charge in [-0.2, -0.15) is 0 Å². The van der Waals surface area contributed by atoms with Crippen LogP contribution < -0.4 is 4.74 Å². The molecule has 2 nitrogen and oxygen atoms in total. The van der Waals surface area contributed by atoms with Crippen LogP contribution in [0, 0.1) is 11.6 Å². The molecule has 0 amide bonds. The van der Waals surface area contributed by atoms with Gasteiger partial charge in [-0.05, 0) is 6.07 Å². The molecule has 0 bridgehead atoms. The Bertz CT molecular complexity index is 368. The minimum atomic E-state index is -0.923. The van der Waals surface area contributed by atoms with Gasteiger partial charge >= 0.3 is 0 Å². The van der Waals surface area contributed by atoms with Crippen LogP contribution in [0.4, 0.5) is 8.78 Å². The zero-order chi connectivity index (χ0) is 10.1. The first-order valence-electron chi connectivity index (χ1n) is 4.00. The maximum absolute atomic E-state index is 13.2. The molecule has 0 fully saturated rings. The zero-order valence-corrected chi connectivity index (χ0v) is 7.90. The van der Waals surface area contributed by atoms with Crippen LogP contribution in [0.25, 0.3) is 0 Å². The van der Waals surface area contributed by atoms with Crippen molar-refractivity contribution in [2.75, 3.05) is 6.79 Å². The van der Waals surface area contributed by atoms with E-state index in [0.717, 1.165) is 6.07 Å². The summed E-state index contributed by atoms with van der Waals surface area (Å²) in [6.45, 7) is 0.0603. The highest BCUT2D eigenvalue weighted by molar-refractivity contribution is 6.17. The summed E-state index contributed by atoms with van der Waals surface area (Å²) in [4.78, 5) is 0. The average Bonchev–Trinajstić information content (AvgIpc) is 2.23. The minimum absolute atomic E-state index is 0.0167. The predicted octanol–water partition coefficient (Wildman–Crippen LogP) is 2.57. The van der Waals surface area contributed by atoms with Gasteiger partial charge in [0.25, 0.3) is 0 Å². The molecule has 1 aromatic carbocycles. The summed E-state index contributed by atoms with van der Waals surface area (Å²) in [6.07, 6.45) is 0. The average molecular weight is 221 g/mol. The molecule has 0 aliphatic carbocycles. The molecule has 14 heavy (non-hydrogen) atoms. The lowest BCUT2D eigenvalue weighted by Gasteiger charge is -2.20. The smallest absolute Gasteiger partial charge is 0.189 e. The molecule has 0 radical (unpaired) electrons. The molecule has 0 spiro atoms. The second kappa shape index (κ2) is 3.71. The second-order valence-electron chi connectivity index (χ2n) is 2.88. The van der Waals surface area contributed by atoms with Crippen LogP contribution in [0.5, 0.6) is 5.75 Å². The number of hydrogen-bond acceptors (Lipinski definition) is 2. The molecule has 0 atom stereocenters. The molecule has 1 aliphatic rings. The lowest BCUT2D eigenvalue weighted by molar-refractivity contribution is -0.0192. The van der Waals surface area contributed by atoms with Crippen LogP contribution in [0.3, 0.4) is 0 Å². The second-order valence-corrected chi connectivity index (χ2v) is 3.15. The number of benzene rings is 1. The number of alkyl halides is 1. The first-order chi connectivity index (χ1) is 6.74. The third kappa shape index (κ3) is 1.44. The van der Waals surface area contributed by atoms with Crippen LogP contribution >= 0.6 is 11.6 Å². The molecular weight excluding hydrogens is 214 g/mol. The predicted molar refractivity (Wildman–Crippen MR) is 46.2 cm³/mol. The van der Waals surface area contributed by atoms with E-state index >= 15 is 0 Å². The van der Waals surface area contributed by atoms with Crippen molar-refractivity contribution in [2.24, 2.45) is 0 Å². The van der Waals surface area contributed by atoms with Crippen LogP contribution in [-0.4, -0.2) is 6.79 Å². The number of hydrogen-bond donors (Lipinski definition) is 0. The summed E-state index contributed by atoms with van der Waals surface area (Å²) >= 11 is 5.58. The van der Waals surface area contributed by atoms with Crippen molar-refractivity contribution in [1.29, 1.82) is 0 Å². The number of ether oxygens (including phenoxy) is 2. The van der Waals surface area contributed by atoms with Gasteiger partial charge in [-0.15, -0.1) is 11.6 Å². The van der Waals surface area contributed by atoms with E-state index < -0.39 is 11.6 Å². The monoisotopic (exact) mass is 220 g/mol. The molecule has 0 N–H and O–H groups in total. The van der Waals surface area contributed by atoms with Crippen molar-refractivity contribution in [3.8, 4) is 5.75 Å². The largest absolute Gasteiger partial charge is 0.467 e. The normalized spacial score (nSPS) is 14.8. The summed E-state index contributed by atoms with van der Waals surface area (Å²) in [6, 6.07) is 1.05. The Kier molecular flexibility index (Phi) is 2.56. The van der Waals surface area contributed by atoms with Crippen molar-refractivity contribution in [3.63, 3.8) is 0 Å². The van der Waals surface area contributed by atoms with Crippen LogP contribution in [0.1, 0.15) is 11.1 Å². The van der Waals surface area contributed by atoms with Crippen LogP contribution in [-0.2, 0) is 17.2 Å². The molecule has 1 heterocycles. The van der Waals surface area contributed by atoms with E-state index in [1.807, 2.05) is 0 Å². The molecule has 5 heteroatoms. The molecule has 0 saturated carbocycles. The fourth-order valence-electron chi connectivity index (χ4n) is 1.37. The van der Waals surface area contributed by atoms with Gasteiger partial charge < -0.3 is 9.47 Å². The summed E-state index contributed by atoms with van der Waals surface area (Å²) in [7, 11) is 0. The Morgan fingerprint density at radius 1 is 1.43 bits per heavy atom. The van der Waals surface area contributed by atoms with Crippen molar-refractivity contribution >= 4 is 11.6 Å². The van der Waals surface area contributed by atoms with E-state index in [-0.39, 0.29) is 24.8 Å². The molecule has 2 rings (SSSR count). The maximum atomic E-state index is 13.2. The van der Waals surface area contributed by atoms with Crippen LogP contribution in [0.15, 0.2) is 6.07 Å². The minimum Gasteiger partial charge on any atom is -0.467 e. The third-order valence-corrected chi connectivity index (χ3v) is 2.31. The van der Waals surface area contributed by atoms with Gasteiger partial charge in [-0.1, -0.05) is 0 Å². The Labute approximate surface area is 84.4 Å². The highest BCUT2D eigenvalue weighted by atomic mass is 35.5. The number of fused-ring (bicyclic) bond motifs is 1. The fraction of sp³-hybridized carbons (Fsp3) is 0.333. The van der Waals surface area contributed by atoms with Gasteiger partial charge in [-0.3, -0.25) is 0 Å². The number of rotatable bonds is 1. The Morgan fingerprint density at radius 3 is 2.93 bits per heavy atom. The van der Waals surface area contributed by atoms with E-state index in [9.17, 15) is 8.78 Å². The highest BCUT2D eigenvalue weighted by Crippen LogP contribution is 2.32. The Balaban J connectivity index is 2.60. The lowest BCUT2D eigenvalue weighted by atomic mass is 10.1. The number of halogens is 3. The quantitative estimate of drug-likeness (QED) is 0.678. The fourth-order valence-corrected chi connectivity index (χ4v) is 1.57. The van der Waals surface area contributed by atoms with Gasteiger partial charge in [0, 0.05) is 5.56 Å². The summed E-state index contributed by atoms with van der Waals surface area (Å²) in [5, 5.41) is 0. The third-order valence-electron chi connectivity index (χ3n) is 2.02. The summed E-state index contributed by atoms with van der Waals surface area (Å²) in [5.74, 6) is -1.45. The Hall–Kier alpha value is -0.870. The van der Waals surface area contributed by atoms with Gasteiger partial charge in [0.2, 0.25) is 0 Å². The van der Waals surface area contributed by atoms with Crippen LogP contribution in [0.2, 0.25) is 0 Å². The van der Waals surface area contributed by atoms with E-state index in [1.54, 1.807) is 0 Å². The Morgan fingerprint density at radius 2 is 2.21 bits per heavy atom. The van der Waals surface area contributed by atoms with E-state index in [0.29, 0.717) is 11.3 Å². The van der Waals surface area contributed by atoms with E-state index in [2.05, 4.69) is 0 Å². The topological polar surface area (TPSA) is 18.5 Å². The van der Waals surface area contributed by atoms with Gasteiger partial charge in [-0.25, -0.2) is 8.78 Å². The van der Waals surface area contributed by atoms with Gasteiger partial charge in [0.05, 0.1) is 18.1 Å². The molecule has 0 unspecified atom stereocenters. The zero-order valence-electron chi connectivity index (χ0n) is 7.15. The van der Waals surface area contributed by atoms with Crippen molar-refractivity contribution in [2.45, 2.75) is 12.5 Å². The molecule has 0 saturated heterocycles. The van der Waals surface area contributed by atoms with E-state index in [1.165, 1.54) is 0 Å². The molecule has 1 aliphatic heterocycles. The molecule has 0 aromatic heterocycles. The summed E-state index contributed by atoms with van der Waals surface area (Å²) in [5.41, 5.74) is 0.552. The highest BCUT2D eigenvalue weighted by Gasteiger charge is 2.22. The molecule has 1 aromatic rings. The van der Waals surface area contributed by atoms with Crippen molar-refractivity contribution in [1.82, 2.24) is 0 Å². The standard InChI is InChI=1S/C9H7ClF2O2/c10-2-5-1-7(11)8(12)6-3-13-4-14-9(5)6/h1H,2-4H2. The summed E-state index contributed by atoms with van der Waals surface area (Å²) < 4.78 is 36.2. The van der Waals surface area contributed by atoms with Crippen molar-refractivity contribution < 1.29 is 18.3 Å². The SMILES string of the molecule is Fc1cc(CCl)c2c(c1F)COCO2. The first kappa shape index (κ1) is 9.68. The van der Waals surface area contributed by atoms with Crippen molar-refractivity contribution in [3.05, 3.63) is 28.8 Å². The van der Waals surface area contributed by atoms with E-state index in [4.69, 9.17) is 21.1 Å². The maximum Gasteiger partial charge on any atom is 0.189 e. The van der Waals surface area contributed by atoms with Gasteiger partial charge in [0.15, 0.2) is 18.4 Å². The lowest BCUT2D eigenvalue weighted by Crippen LogP contribution is -2.15. The first-order valence-corrected chi connectivity index (χ1v) is 4.53. The molecular formula is C9H7ClF2O2.